The first-order valence-corrected chi connectivity index (χ1v) is 7.77. The van der Waals surface area contributed by atoms with Gasteiger partial charge >= 0.3 is 0 Å². The van der Waals surface area contributed by atoms with Crippen LogP contribution in [0.15, 0.2) is 12.3 Å². The molecule has 0 fully saturated rings. The number of rotatable bonds is 11. The number of nitrogens with zero attached hydrogens (tertiary/aromatic N) is 2. The fraction of sp³-hybridized carbons (Fsp3) is 0.667. The molecule has 1 rings (SSSR count). The van der Waals surface area contributed by atoms with Gasteiger partial charge in [0.25, 0.3) is 0 Å². The SMILES string of the molecule is CCCCN(C)CCCNCCNc1ncc(N)cc1N. The monoisotopic (exact) mass is 294 g/mol. The number of nitrogen functional groups attached to an aromatic ring is 2. The number of pyridine rings is 1. The molecular formula is C15H30N6. The number of unbranched alkanes of at least 4 members (excludes halogenated alkanes) is 1. The molecule has 1 aromatic heterocycles. The fourth-order valence-corrected chi connectivity index (χ4v) is 2.05. The summed E-state index contributed by atoms with van der Waals surface area (Å²) in [6, 6.07) is 1.72. The molecule has 0 atom stereocenters. The molecule has 6 N–H and O–H groups in total. The van der Waals surface area contributed by atoms with Gasteiger partial charge in [-0.25, -0.2) is 4.98 Å². The predicted octanol–water partition coefficient (Wildman–Crippen LogP) is 1.37. The van der Waals surface area contributed by atoms with Crippen LogP contribution in [0.2, 0.25) is 0 Å². The summed E-state index contributed by atoms with van der Waals surface area (Å²) in [6.45, 7) is 7.29. The molecule has 0 bridgehead atoms. The summed E-state index contributed by atoms with van der Waals surface area (Å²) >= 11 is 0. The average molecular weight is 294 g/mol. The molecule has 6 nitrogen and oxygen atoms in total. The van der Waals surface area contributed by atoms with E-state index in [0.29, 0.717) is 17.2 Å². The smallest absolute Gasteiger partial charge is 0.149 e. The summed E-state index contributed by atoms with van der Waals surface area (Å²) in [6.07, 6.45) is 5.32. The Morgan fingerprint density at radius 2 is 1.90 bits per heavy atom. The van der Waals surface area contributed by atoms with Gasteiger partial charge in [-0.2, -0.15) is 0 Å². The van der Waals surface area contributed by atoms with Crippen molar-refractivity contribution in [1.82, 2.24) is 15.2 Å². The highest BCUT2D eigenvalue weighted by Gasteiger charge is 2.00. The molecule has 0 aliphatic carbocycles. The Balaban J connectivity index is 2.02. The maximum absolute atomic E-state index is 5.83. The van der Waals surface area contributed by atoms with Crippen molar-refractivity contribution in [1.29, 1.82) is 0 Å². The molecule has 0 saturated carbocycles. The summed E-state index contributed by atoms with van der Waals surface area (Å²) in [7, 11) is 2.19. The van der Waals surface area contributed by atoms with Gasteiger partial charge < -0.3 is 27.0 Å². The lowest BCUT2D eigenvalue weighted by atomic mass is 10.3. The molecule has 0 radical (unpaired) electrons. The zero-order valence-electron chi connectivity index (χ0n) is 13.4. The van der Waals surface area contributed by atoms with Crippen LogP contribution >= 0.6 is 0 Å². The molecule has 0 aliphatic heterocycles. The van der Waals surface area contributed by atoms with Crippen molar-refractivity contribution in [3.05, 3.63) is 12.3 Å². The van der Waals surface area contributed by atoms with E-state index in [1.165, 1.54) is 25.8 Å². The molecule has 0 amide bonds. The second-order valence-corrected chi connectivity index (χ2v) is 5.39. The Hall–Kier alpha value is -1.53. The maximum atomic E-state index is 5.83. The molecule has 120 valence electrons. The molecular weight excluding hydrogens is 264 g/mol. The third-order valence-electron chi connectivity index (χ3n) is 3.32. The lowest BCUT2D eigenvalue weighted by Crippen LogP contribution is -2.27. The van der Waals surface area contributed by atoms with E-state index < -0.39 is 0 Å². The van der Waals surface area contributed by atoms with Gasteiger partial charge in [0, 0.05) is 13.1 Å². The van der Waals surface area contributed by atoms with Crippen LogP contribution in [0, 0.1) is 0 Å². The van der Waals surface area contributed by atoms with Crippen molar-refractivity contribution in [2.24, 2.45) is 0 Å². The maximum Gasteiger partial charge on any atom is 0.149 e. The number of hydrogen-bond acceptors (Lipinski definition) is 6. The molecule has 21 heavy (non-hydrogen) atoms. The Bertz CT molecular complexity index is 396. The molecule has 0 unspecified atom stereocenters. The highest BCUT2D eigenvalue weighted by atomic mass is 15.1. The van der Waals surface area contributed by atoms with Crippen LogP contribution in [-0.2, 0) is 0 Å². The number of aromatic nitrogens is 1. The van der Waals surface area contributed by atoms with Gasteiger partial charge in [-0.3, -0.25) is 0 Å². The highest BCUT2D eigenvalue weighted by molar-refractivity contribution is 5.65. The Morgan fingerprint density at radius 3 is 2.62 bits per heavy atom. The second-order valence-electron chi connectivity index (χ2n) is 5.39. The molecule has 0 aliphatic rings. The van der Waals surface area contributed by atoms with Crippen LogP contribution in [0.25, 0.3) is 0 Å². The van der Waals surface area contributed by atoms with Crippen molar-refractivity contribution >= 4 is 17.2 Å². The summed E-state index contributed by atoms with van der Waals surface area (Å²) < 4.78 is 0. The Kier molecular flexibility index (Phi) is 8.54. The molecule has 0 spiro atoms. The zero-order valence-corrected chi connectivity index (χ0v) is 13.4. The number of anilines is 3. The molecule has 1 heterocycles. The van der Waals surface area contributed by atoms with Gasteiger partial charge in [-0.1, -0.05) is 13.3 Å². The van der Waals surface area contributed by atoms with Gasteiger partial charge in [0.15, 0.2) is 0 Å². The third kappa shape index (κ3) is 7.72. The van der Waals surface area contributed by atoms with Gasteiger partial charge in [-0.05, 0) is 45.6 Å². The van der Waals surface area contributed by atoms with Crippen molar-refractivity contribution < 1.29 is 0 Å². The minimum absolute atomic E-state index is 0.586. The second kappa shape index (κ2) is 10.2. The average Bonchev–Trinajstić information content (AvgIpc) is 2.46. The molecule has 1 aromatic rings. The quantitative estimate of drug-likeness (QED) is 0.461. The van der Waals surface area contributed by atoms with E-state index in [1.54, 1.807) is 12.3 Å². The van der Waals surface area contributed by atoms with Crippen LogP contribution in [0.5, 0.6) is 0 Å². The van der Waals surface area contributed by atoms with Crippen molar-refractivity contribution in [2.75, 3.05) is 56.6 Å². The number of hydrogen-bond donors (Lipinski definition) is 4. The first kappa shape index (κ1) is 17.5. The Labute approximate surface area is 128 Å². The Morgan fingerprint density at radius 1 is 1.14 bits per heavy atom. The summed E-state index contributed by atoms with van der Waals surface area (Å²) in [5.74, 6) is 0.699. The van der Waals surface area contributed by atoms with Crippen LogP contribution in [0.1, 0.15) is 26.2 Å². The van der Waals surface area contributed by atoms with E-state index >= 15 is 0 Å². The minimum atomic E-state index is 0.586. The van der Waals surface area contributed by atoms with E-state index in [1.807, 2.05) is 0 Å². The third-order valence-corrected chi connectivity index (χ3v) is 3.32. The topological polar surface area (TPSA) is 92.2 Å². The van der Waals surface area contributed by atoms with Gasteiger partial charge in [-0.15, -0.1) is 0 Å². The van der Waals surface area contributed by atoms with E-state index in [9.17, 15) is 0 Å². The largest absolute Gasteiger partial charge is 0.397 e. The van der Waals surface area contributed by atoms with Gasteiger partial charge in [0.05, 0.1) is 17.6 Å². The van der Waals surface area contributed by atoms with Gasteiger partial charge in [0.2, 0.25) is 0 Å². The first-order chi connectivity index (χ1) is 10.1. The van der Waals surface area contributed by atoms with E-state index in [-0.39, 0.29) is 0 Å². The van der Waals surface area contributed by atoms with Gasteiger partial charge in [0.1, 0.15) is 5.82 Å². The number of nitrogens with one attached hydrogen (secondary N) is 2. The van der Waals surface area contributed by atoms with Crippen molar-refractivity contribution in [2.45, 2.75) is 26.2 Å². The van der Waals surface area contributed by atoms with Crippen LogP contribution in [0.3, 0.4) is 0 Å². The lowest BCUT2D eigenvalue weighted by Gasteiger charge is -2.16. The standard InChI is InChI=1S/C15H30N6/c1-3-4-9-21(2)10-5-6-18-7-8-19-15-14(17)11-13(16)12-20-15/h11-12,18H,3-10,16-17H2,1-2H3,(H,19,20). The van der Waals surface area contributed by atoms with Crippen molar-refractivity contribution in [3.63, 3.8) is 0 Å². The summed E-state index contributed by atoms with van der Waals surface area (Å²) in [4.78, 5) is 6.56. The van der Waals surface area contributed by atoms with Crippen LogP contribution in [0.4, 0.5) is 17.2 Å². The molecule has 0 saturated heterocycles. The van der Waals surface area contributed by atoms with Crippen molar-refractivity contribution in [3.8, 4) is 0 Å². The normalized spacial score (nSPS) is 11.0. The zero-order chi connectivity index (χ0) is 15.5. The number of nitrogens with two attached hydrogens (primary N) is 2. The fourth-order valence-electron chi connectivity index (χ4n) is 2.05. The van der Waals surface area contributed by atoms with E-state index in [2.05, 4.69) is 34.5 Å². The first-order valence-electron chi connectivity index (χ1n) is 7.77. The molecule has 0 aromatic carbocycles. The van der Waals surface area contributed by atoms with E-state index in [4.69, 9.17) is 11.5 Å². The predicted molar refractivity (Wildman–Crippen MR) is 91.4 cm³/mol. The summed E-state index contributed by atoms with van der Waals surface area (Å²) in [5, 5.41) is 6.62. The van der Waals surface area contributed by atoms with E-state index in [0.717, 1.165) is 26.2 Å². The van der Waals surface area contributed by atoms with Crippen LogP contribution in [-0.4, -0.2) is 49.7 Å². The minimum Gasteiger partial charge on any atom is -0.397 e. The summed E-state index contributed by atoms with van der Waals surface area (Å²) in [5.41, 5.74) is 12.6. The lowest BCUT2D eigenvalue weighted by molar-refractivity contribution is 0.321. The van der Waals surface area contributed by atoms with Crippen LogP contribution < -0.4 is 22.1 Å². The molecule has 6 heteroatoms. The highest BCUT2D eigenvalue weighted by Crippen LogP contribution is 2.16.